The number of benzene rings is 4. The molecule has 40 heavy (non-hydrogen) atoms. The summed E-state index contributed by atoms with van der Waals surface area (Å²) in [4.78, 5) is 37.2. The molecule has 0 spiro atoms. The summed E-state index contributed by atoms with van der Waals surface area (Å²) in [5.41, 5.74) is 3.40. The summed E-state index contributed by atoms with van der Waals surface area (Å²) in [6.07, 6.45) is 0. The SMILES string of the molecule is C=C.CC.O=C(Nc1ccc(C(=O)Nc2ccc(P)cc2)cc1)Nc1ccc(C(=O)Nc2ccc(P)cc2)cc1.[HH].[HH].[HH].[HH]. The zero-order chi connectivity index (χ0) is 29.5. The van der Waals surface area contributed by atoms with Crippen LogP contribution in [0.25, 0.3) is 0 Å². The van der Waals surface area contributed by atoms with Crippen LogP contribution < -0.4 is 31.9 Å². The molecule has 4 aromatic rings. The number of carbonyl (C=O) groups is 3. The summed E-state index contributed by atoms with van der Waals surface area (Å²) in [5, 5.41) is 13.2. The molecule has 0 radical (unpaired) electrons. The molecule has 0 fully saturated rings. The fourth-order valence-electron chi connectivity index (χ4n) is 3.24. The van der Waals surface area contributed by atoms with E-state index in [1.54, 1.807) is 48.5 Å². The molecule has 0 saturated heterocycles. The molecule has 0 aliphatic heterocycles. The molecule has 2 unspecified atom stereocenters. The van der Waals surface area contributed by atoms with Crippen LogP contribution in [0.2, 0.25) is 0 Å². The number of hydrogen-bond donors (Lipinski definition) is 4. The summed E-state index contributed by atoms with van der Waals surface area (Å²) >= 11 is 0. The van der Waals surface area contributed by atoms with Gasteiger partial charge in [-0.1, -0.05) is 38.1 Å². The van der Waals surface area contributed by atoms with Crippen molar-refractivity contribution >= 4 is 69.7 Å². The third-order valence-electron chi connectivity index (χ3n) is 5.15. The van der Waals surface area contributed by atoms with Crippen molar-refractivity contribution in [1.29, 1.82) is 0 Å². The van der Waals surface area contributed by atoms with Gasteiger partial charge in [-0.2, -0.15) is 0 Å². The van der Waals surface area contributed by atoms with Gasteiger partial charge >= 0.3 is 6.03 Å². The number of amides is 4. The van der Waals surface area contributed by atoms with Crippen LogP contribution in [0.15, 0.2) is 110 Å². The first-order chi connectivity index (χ1) is 19.4. The minimum atomic E-state index is -0.445. The lowest BCUT2D eigenvalue weighted by molar-refractivity contribution is 0.101. The molecule has 4 aromatic carbocycles. The third kappa shape index (κ3) is 10.1. The van der Waals surface area contributed by atoms with Gasteiger partial charge < -0.3 is 21.3 Å². The van der Waals surface area contributed by atoms with Crippen LogP contribution in [-0.2, 0) is 0 Å². The summed E-state index contributed by atoms with van der Waals surface area (Å²) in [7, 11) is 5.18. The van der Waals surface area contributed by atoms with Gasteiger partial charge in [-0.25, -0.2) is 4.79 Å². The zero-order valence-corrected chi connectivity index (χ0v) is 24.8. The number of rotatable bonds is 6. The predicted molar refractivity (Wildman–Crippen MR) is 184 cm³/mol. The first-order valence-corrected chi connectivity index (χ1v) is 13.6. The molecular formula is C31H42N4O3P2. The Balaban J connectivity index is -0.00000202. The van der Waals surface area contributed by atoms with Crippen LogP contribution in [0, 0.1) is 0 Å². The third-order valence-corrected chi connectivity index (χ3v) is 5.92. The fourth-order valence-corrected chi connectivity index (χ4v) is 3.63. The zero-order valence-electron chi connectivity index (χ0n) is 22.5. The summed E-state index contributed by atoms with van der Waals surface area (Å²) < 4.78 is 0. The molecule has 4 amide bonds. The Hall–Kier alpha value is -4.31. The van der Waals surface area contributed by atoms with E-state index in [1.165, 1.54) is 0 Å². The number of carbonyl (C=O) groups excluding carboxylic acids is 3. The topological polar surface area (TPSA) is 99.3 Å². The van der Waals surface area contributed by atoms with E-state index >= 15 is 0 Å². The van der Waals surface area contributed by atoms with Gasteiger partial charge in [0.05, 0.1) is 0 Å². The number of hydrogen-bond acceptors (Lipinski definition) is 3. The Labute approximate surface area is 246 Å². The van der Waals surface area contributed by atoms with E-state index in [4.69, 9.17) is 0 Å². The van der Waals surface area contributed by atoms with Crippen molar-refractivity contribution in [2.24, 2.45) is 0 Å². The monoisotopic (exact) mass is 580 g/mol. The van der Waals surface area contributed by atoms with Gasteiger partial charge in [-0.3, -0.25) is 9.59 Å². The van der Waals surface area contributed by atoms with Crippen LogP contribution in [0.5, 0.6) is 0 Å². The summed E-state index contributed by atoms with van der Waals surface area (Å²) in [5.74, 6) is -0.485. The molecule has 0 aromatic heterocycles. The second kappa shape index (κ2) is 16.6. The highest BCUT2D eigenvalue weighted by atomic mass is 31.0. The van der Waals surface area contributed by atoms with Crippen molar-refractivity contribution in [1.82, 2.24) is 0 Å². The minimum Gasteiger partial charge on any atom is -0.322 e. The summed E-state index contributed by atoms with van der Waals surface area (Å²) in [6, 6.07) is 27.5. The first kappa shape index (κ1) is 31.9. The molecule has 214 valence electrons. The Morgan fingerprint density at radius 1 is 0.500 bits per heavy atom. The molecule has 9 heteroatoms. The van der Waals surface area contributed by atoms with Gasteiger partial charge in [0, 0.05) is 39.6 Å². The summed E-state index contributed by atoms with van der Waals surface area (Å²) in [6.45, 7) is 10.0. The maximum atomic E-state index is 12.4. The Morgan fingerprint density at radius 2 is 0.750 bits per heavy atom. The van der Waals surface area contributed by atoms with Gasteiger partial charge in [0.1, 0.15) is 0 Å². The van der Waals surface area contributed by atoms with Crippen molar-refractivity contribution < 1.29 is 20.1 Å². The van der Waals surface area contributed by atoms with Crippen LogP contribution in [0.1, 0.15) is 40.3 Å². The van der Waals surface area contributed by atoms with Crippen molar-refractivity contribution in [3.8, 4) is 0 Å². The number of nitrogens with one attached hydrogen (secondary N) is 4. The average molecular weight is 581 g/mol. The number of anilines is 4. The van der Waals surface area contributed by atoms with E-state index in [0.717, 1.165) is 10.6 Å². The lowest BCUT2D eigenvalue weighted by atomic mass is 10.2. The maximum absolute atomic E-state index is 12.4. The second-order valence-electron chi connectivity index (χ2n) is 7.89. The standard InChI is InChI=1S/C27H24N4O3P2.C2H6.C2H4.4H2/c32-25(28-19-9-13-23(35)14-10-19)17-1-5-21(6-2-17)30-27(34)31-22-7-3-18(4-8-22)26(33)29-20-11-15-24(36)16-12-20;2*1-2;;;;/h1-16H,35-36H2,(H,28,32)(H,29,33)(H2,30,31,34);1-2H3;1-2H2;4*1H. The highest BCUT2D eigenvalue weighted by molar-refractivity contribution is 7.27. The Kier molecular flexibility index (Phi) is 13.2. The maximum Gasteiger partial charge on any atom is 0.323 e. The Bertz CT molecular complexity index is 1300. The molecule has 4 N–H and O–H groups in total. The normalized spacial score (nSPS) is 9.50. The van der Waals surface area contributed by atoms with E-state index in [2.05, 4.69) is 52.9 Å². The quantitative estimate of drug-likeness (QED) is 0.139. The van der Waals surface area contributed by atoms with E-state index in [9.17, 15) is 14.4 Å². The van der Waals surface area contributed by atoms with Gasteiger partial charge in [0.15, 0.2) is 0 Å². The predicted octanol–water partition coefficient (Wildman–Crippen LogP) is 7.65. The lowest BCUT2D eigenvalue weighted by Crippen LogP contribution is -2.20. The molecule has 2 atom stereocenters. The van der Waals surface area contributed by atoms with E-state index in [-0.39, 0.29) is 17.5 Å². The minimum absolute atomic E-state index is 0. The molecule has 0 aliphatic carbocycles. The molecule has 0 aliphatic rings. The Morgan fingerprint density at radius 3 is 1.05 bits per heavy atom. The van der Waals surface area contributed by atoms with Gasteiger partial charge in [0.2, 0.25) is 0 Å². The molecule has 4 rings (SSSR count). The van der Waals surface area contributed by atoms with Crippen LogP contribution in [0.4, 0.5) is 27.5 Å². The van der Waals surface area contributed by atoms with Gasteiger partial charge in [-0.15, -0.1) is 31.6 Å². The highest BCUT2D eigenvalue weighted by Crippen LogP contribution is 2.15. The molecule has 0 saturated carbocycles. The number of urea groups is 1. The largest absolute Gasteiger partial charge is 0.323 e. The molecule has 7 nitrogen and oxygen atoms in total. The highest BCUT2D eigenvalue weighted by Gasteiger charge is 2.09. The molecule has 0 heterocycles. The van der Waals surface area contributed by atoms with E-state index < -0.39 is 6.03 Å². The van der Waals surface area contributed by atoms with Crippen LogP contribution in [0.3, 0.4) is 0 Å². The van der Waals surface area contributed by atoms with Crippen molar-refractivity contribution in [3.05, 3.63) is 121 Å². The molecule has 0 bridgehead atoms. The van der Waals surface area contributed by atoms with Crippen LogP contribution in [-0.4, -0.2) is 17.8 Å². The van der Waals surface area contributed by atoms with E-state index in [0.29, 0.717) is 33.9 Å². The average Bonchev–Trinajstić information content (AvgIpc) is 2.98. The lowest BCUT2D eigenvalue weighted by Gasteiger charge is -2.10. The first-order valence-electron chi connectivity index (χ1n) is 12.5. The van der Waals surface area contributed by atoms with Crippen molar-refractivity contribution in [2.75, 3.05) is 21.3 Å². The van der Waals surface area contributed by atoms with E-state index in [1.807, 2.05) is 62.4 Å². The molecular weight excluding hydrogens is 538 g/mol. The van der Waals surface area contributed by atoms with Crippen molar-refractivity contribution in [3.63, 3.8) is 0 Å². The van der Waals surface area contributed by atoms with Crippen LogP contribution >= 0.6 is 18.5 Å². The van der Waals surface area contributed by atoms with Gasteiger partial charge in [-0.05, 0) is 83.4 Å². The fraction of sp³-hybridized carbons (Fsp3) is 0.0645. The van der Waals surface area contributed by atoms with Gasteiger partial charge in [0.25, 0.3) is 11.8 Å². The second-order valence-corrected chi connectivity index (χ2v) is 9.22. The van der Waals surface area contributed by atoms with Crippen molar-refractivity contribution in [2.45, 2.75) is 13.8 Å². The smallest absolute Gasteiger partial charge is 0.322 e.